The monoisotopic (exact) mass is 286 g/mol. The van der Waals surface area contributed by atoms with E-state index in [2.05, 4.69) is 10.6 Å². The second kappa shape index (κ2) is 6.96. The number of aliphatic hydroxyl groups excluding tert-OH is 1. The first-order valence-electron chi connectivity index (χ1n) is 5.60. The van der Waals surface area contributed by atoms with Crippen LogP contribution in [0.2, 0.25) is 5.02 Å². The Morgan fingerprint density at radius 2 is 1.95 bits per heavy atom. The average molecular weight is 287 g/mol. The molecule has 4 N–H and O–H groups in total. The van der Waals surface area contributed by atoms with Crippen molar-refractivity contribution in [3.63, 3.8) is 0 Å². The first-order valence-corrected chi connectivity index (χ1v) is 5.98. The number of carboxylic acids is 1. The van der Waals surface area contributed by atoms with Crippen LogP contribution in [0, 0.1) is 0 Å². The van der Waals surface area contributed by atoms with Crippen molar-refractivity contribution in [1.82, 2.24) is 10.6 Å². The third-order valence-electron chi connectivity index (χ3n) is 2.51. The molecule has 1 aromatic carbocycles. The van der Waals surface area contributed by atoms with Gasteiger partial charge in [0, 0.05) is 5.02 Å². The van der Waals surface area contributed by atoms with Gasteiger partial charge in [0.25, 0.3) is 0 Å². The third kappa shape index (κ3) is 4.42. The van der Waals surface area contributed by atoms with Crippen LogP contribution in [0.4, 0.5) is 4.79 Å². The topological polar surface area (TPSA) is 98.7 Å². The number of hydrogen-bond donors (Lipinski definition) is 4. The van der Waals surface area contributed by atoms with E-state index in [1.807, 2.05) is 0 Å². The molecule has 0 fully saturated rings. The van der Waals surface area contributed by atoms with Crippen molar-refractivity contribution in [2.45, 2.75) is 19.0 Å². The zero-order chi connectivity index (χ0) is 14.4. The molecule has 0 saturated heterocycles. The third-order valence-corrected chi connectivity index (χ3v) is 2.85. The van der Waals surface area contributed by atoms with Crippen LogP contribution in [-0.4, -0.2) is 34.9 Å². The van der Waals surface area contributed by atoms with E-state index in [4.69, 9.17) is 21.8 Å². The van der Waals surface area contributed by atoms with E-state index in [1.165, 1.54) is 0 Å². The van der Waals surface area contributed by atoms with Gasteiger partial charge in [-0.3, -0.25) is 0 Å². The summed E-state index contributed by atoms with van der Waals surface area (Å²) in [7, 11) is 0. The van der Waals surface area contributed by atoms with Gasteiger partial charge >= 0.3 is 12.0 Å². The minimum Gasteiger partial charge on any atom is -0.480 e. The standard InChI is InChI=1S/C12H15ClN2O4/c1-7(8-4-2-3-5-9(8)13)14-12(19)15-10(6-16)11(17)18/h2-5,7,10,16H,6H2,1H3,(H,17,18)(H2,14,15,19). The molecule has 1 aromatic rings. The van der Waals surface area contributed by atoms with E-state index < -0.39 is 24.6 Å². The SMILES string of the molecule is CC(NC(=O)NC(CO)C(=O)O)c1ccccc1Cl. The summed E-state index contributed by atoms with van der Waals surface area (Å²) in [5.41, 5.74) is 0.718. The van der Waals surface area contributed by atoms with Gasteiger partial charge < -0.3 is 20.8 Å². The number of halogens is 1. The Kier molecular flexibility index (Phi) is 5.59. The predicted molar refractivity (Wildman–Crippen MR) is 70.0 cm³/mol. The Bertz CT molecular complexity index is 467. The molecular formula is C12H15ClN2O4. The Morgan fingerprint density at radius 3 is 2.47 bits per heavy atom. The van der Waals surface area contributed by atoms with Crippen LogP contribution in [0.1, 0.15) is 18.5 Å². The van der Waals surface area contributed by atoms with Crippen molar-refractivity contribution < 1.29 is 19.8 Å². The van der Waals surface area contributed by atoms with Crippen LogP contribution in [0.5, 0.6) is 0 Å². The summed E-state index contributed by atoms with van der Waals surface area (Å²) in [6.07, 6.45) is 0. The van der Waals surface area contributed by atoms with Crippen LogP contribution in [-0.2, 0) is 4.79 Å². The Hall–Kier alpha value is -1.79. The highest BCUT2D eigenvalue weighted by molar-refractivity contribution is 6.31. The highest BCUT2D eigenvalue weighted by Crippen LogP contribution is 2.21. The van der Waals surface area contributed by atoms with Gasteiger partial charge in [0.15, 0.2) is 6.04 Å². The largest absolute Gasteiger partial charge is 0.480 e. The molecule has 0 aliphatic rings. The van der Waals surface area contributed by atoms with Crippen molar-refractivity contribution in [2.24, 2.45) is 0 Å². The van der Waals surface area contributed by atoms with Gasteiger partial charge in [-0.25, -0.2) is 9.59 Å². The Labute approximate surface area is 115 Å². The highest BCUT2D eigenvalue weighted by atomic mass is 35.5. The lowest BCUT2D eigenvalue weighted by Gasteiger charge is -2.18. The quantitative estimate of drug-likeness (QED) is 0.652. The first kappa shape index (κ1) is 15.3. The minimum absolute atomic E-state index is 0.387. The summed E-state index contributed by atoms with van der Waals surface area (Å²) in [6, 6.07) is 4.60. The van der Waals surface area contributed by atoms with Gasteiger partial charge in [-0.05, 0) is 18.6 Å². The maximum absolute atomic E-state index is 11.6. The van der Waals surface area contributed by atoms with E-state index >= 15 is 0 Å². The van der Waals surface area contributed by atoms with Gasteiger partial charge in [-0.2, -0.15) is 0 Å². The number of benzene rings is 1. The molecule has 0 aliphatic carbocycles. The fourth-order valence-electron chi connectivity index (χ4n) is 1.49. The number of amides is 2. The van der Waals surface area contributed by atoms with Gasteiger partial charge in [-0.15, -0.1) is 0 Å². The average Bonchev–Trinajstić information content (AvgIpc) is 2.35. The Balaban J connectivity index is 2.62. The first-order chi connectivity index (χ1) is 8.95. The number of nitrogens with one attached hydrogen (secondary N) is 2. The summed E-state index contributed by atoms with van der Waals surface area (Å²) in [6.45, 7) is 1.04. The molecule has 0 aromatic heterocycles. The molecule has 0 saturated carbocycles. The number of rotatable bonds is 5. The Morgan fingerprint density at radius 1 is 1.32 bits per heavy atom. The molecule has 0 heterocycles. The number of urea groups is 1. The number of aliphatic carboxylic acids is 1. The smallest absolute Gasteiger partial charge is 0.328 e. The molecule has 104 valence electrons. The summed E-state index contributed by atoms with van der Waals surface area (Å²) in [5.74, 6) is -1.30. The maximum atomic E-state index is 11.6. The van der Waals surface area contributed by atoms with Gasteiger partial charge in [0.1, 0.15) is 0 Å². The molecule has 2 unspecified atom stereocenters. The predicted octanol–water partition coefficient (Wildman–Crippen LogP) is 1.15. The maximum Gasteiger partial charge on any atom is 0.328 e. The number of hydrogen-bond acceptors (Lipinski definition) is 3. The molecule has 2 atom stereocenters. The molecule has 1 rings (SSSR count). The number of carbonyl (C=O) groups excluding carboxylic acids is 1. The zero-order valence-corrected chi connectivity index (χ0v) is 11.0. The highest BCUT2D eigenvalue weighted by Gasteiger charge is 2.20. The van der Waals surface area contributed by atoms with E-state index in [1.54, 1.807) is 31.2 Å². The summed E-state index contributed by atoms with van der Waals surface area (Å²) >= 11 is 5.98. The van der Waals surface area contributed by atoms with Crippen LogP contribution >= 0.6 is 11.6 Å². The zero-order valence-electron chi connectivity index (χ0n) is 10.3. The number of carboxylic acid groups (broad SMARTS) is 1. The summed E-state index contributed by atoms with van der Waals surface area (Å²) in [5, 5.41) is 22.7. The lowest BCUT2D eigenvalue weighted by molar-refractivity contribution is -0.140. The second-order valence-electron chi connectivity index (χ2n) is 3.93. The summed E-state index contributed by atoms with van der Waals surface area (Å²) < 4.78 is 0. The molecule has 0 aliphatic heterocycles. The molecule has 19 heavy (non-hydrogen) atoms. The fourth-order valence-corrected chi connectivity index (χ4v) is 1.79. The molecular weight excluding hydrogens is 272 g/mol. The van der Waals surface area contributed by atoms with Crippen molar-refractivity contribution >= 4 is 23.6 Å². The van der Waals surface area contributed by atoms with Crippen LogP contribution in [0.15, 0.2) is 24.3 Å². The van der Waals surface area contributed by atoms with E-state index in [9.17, 15) is 9.59 Å². The normalized spacial score (nSPS) is 13.4. The van der Waals surface area contributed by atoms with E-state index in [-0.39, 0.29) is 6.04 Å². The lowest BCUT2D eigenvalue weighted by atomic mass is 10.1. The summed E-state index contributed by atoms with van der Waals surface area (Å²) in [4.78, 5) is 22.2. The molecule has 0 bridgehead atoms. The molecule has 0 spiro atoms. The molecule has 6 nitrogen and oxygen atoms in total. The van der Waals surface area contributed by atoms with Crippen LogP contribution < -0.4 is 10.6 Å². The van der Waals surface area contributed by atoms with Crippen LogP contribution in [0.25, 0.3) is 0 Å². The minimum atomic E-state index is -1.33. The van der Waals surface area contributed by atoms with E-state index in [0.717, 1.165) is 5.56 Å². The molecule has 0 radical (unpaired) electrons. The molecule has 7 heteroatoms. The lowest BCUT2D eigenvalue weighted by Crippen LogP contribution is -2.48. The van der Waals surface area contributed by atoms with Crippen molar-refractivity contribution in [3.05, 3.63) is 34.9 Å². The van der Waals surface area contributed by atoms with Crippen molar-refractivity contribution in [2.75, 3.05) is 6.61 Å². The van der Waals surface area contributed by atoms with Crippen LogP contribution in [0.3, 0.4) is 0 Å². The van der Waals surface area contributed by atoms with Gasteiger partial charge in [0.05, 0.1) is 12.6 Å². The van der Waals surface area contributed by atoms with Crippen molar-refractivity contribution in [3.8, 4) is 0 Å². The second-order valence-corrected chi connectivity index (χ2v) is 4.34. The van der Waals surface area contributed by atoms with Gasteiger partial charge in [0.2, 0.25) is 0 Å². The number of aliphatic hydroxyl groups is 1. The number of carbonyl (C=O) groups is 2. The van der Waals surface area contributed by atoms with E-state index in [0.29, 0.717) is 5.02 Å². The van der Waals surface area contributed by atoms with Crippen molar-refractivity contribution in [1.29, 1.82) is 0 Å². The fraction of sp³-hybridized carbons (Fsp3) is 0.333. The molecule has 2 amide bonds. The van der Waals surface area contributed by atoms with Gasteiger partial charge in [-0.1, -0.05) is 29.8 Å².